The summed E-state index contributed by atoms with van der Waals surface area (Å²) >= 11 is 0. The van der Waals surface area contributed by atoms with Crippen LogP contribution in [0.5, 0.6) is 0 Å². The van der Waals surface area contributed by atoms with Gasteiger partial charge in [-0.3, -0.25) is 14.3 Å². The lowest BCUT2D eigenvalue weighted by Crippen LogP contribution is -2.40. The Kier molecular flexibility index (Phi) is 5.09. The quantitative estimate of drug-likeness (QED) is 0.879. The topological polar surface area (TPSA) is 75.4 Å². The van der Waals surface area contributed by atoms with Crippen molar-refractivity contribution in [2.45, 2.75) is 40.7 Å². The number of aliphatic carboxylic acids is 1. The minimum Gasteiger partial charge on any atom is -0.481 e. The molecule has 0 spiro atoms. The molecule has 2 heterocycles. The maximum atomic E-state index is 13.0. The minimum atomic E-state index is -0.850. The van der Waals surface area contributed by atoms with E-state index >= 15 is 0 Å². The Morgan fingerprint density at radius 1 is 1.26 bits per heavy atom. The largest absolute Gasteiger partial charge is 0.481 e. The lowest BCUT2D eigenvalue weighted by Gasteiger charge is -2.28. The molecule has 1 N–H and O–H groups in total. The zero-order valence-corrected chi connectivity index (χ0v) is 16.4. The summed E-state index contributed by atoms with van der Waals surface area (Å²) in [7, 11) is 0. The van der Waals surface area contributed by atoms with Gasteiger partial charge >= 0.3 is 5.97 Å². The lowest BCUT2D eigenvalue weighted by atomic mass is 9.76. The number of carboxylic acid groups (broad SMARTS) is 1. The highest BCUT2D eigenvalue weighted by Crippen LogP contribution is 2.38. The average Bonchev–Trinajstić information content (AvgIpc) is 3.19. The van der Waals surface area contributed by atoms with Gasteiger partial charge in [0, 0.05) is 24.3 Å². The molecule has 1 unspecified atom stereocenters. The molecule has 0 radical (unpaired) electrons. The number of benzene rings is 1. The van der Waals surface area contributed by atoms with Crippen molar-refractivity contribution in [3.8, 4) is 0 Å². The molecule has 1 aliphatic heterocycles. The Labute approximate surface area is 159 Å². The molecule has 0 bridgehead atoms. The molecular weight excluding hydrogens is 342 g/mol. The van der Waals surface area contributed by atoms with Crippen LogP contribution in [0, 0.1) is 25.2 Å². The van der Waals surface area contributed by atoms with E-state index < -0.39 is 11.4 Å². The summed E-state index contributed by atoms with van der Waals surface area (Å²) in [5, 5.41) is 14.2. The fraction of sp³-hybridized carbons (Fsp3) is 0.476. The van der Waals surface area contributed by atoms with E-state index in [1.807, 2.05) is 56.6 Å². The van der Waals surface area contributed by atoms with Gasteiger partial charge in [-0.2, -0.15) is 5.10 Å². The molecule has 3 rings (SSSR count). The Bertz CT molecular complexity index is 871. The molecule has 6 heteroatoms. The van der Waals surface area contributed by atoms with Crippen LogP contribution in [0.4, 0.5) is 0 Å². The Balaban J connectivity index is 1.78. The van der Waals surface area contributed by atoms with Crippen molar-refractivity contribution in [1.82, 2.24) is 14.7 Å². The number of nitrogens with zero attached hydrogens (tertiary/aromatic N) is 3. The van der Waals surface area contributed by atoms with Gasteiger partial charge < -0.3 is 10.0 Å². The van der Waals surface area contributed by atoms with Crippen LogP contribution < -0.4 is 0 Å². The second-order valence-electron chi connectivity index (χ2n) is 7.88. The van der Waals surface area contributed by atoms with Crippen molar-refractivity contribution >= 4 is 11.9 Å². The molecule has 6 nitrogen and oxygen atoms in total. The molecule has 1 fully saturated rings. The van der Waals surface area contributed by atoms with Crippen molar-refractivity contribution in [2.24, 2.45) is 11.3 Å². The van der Waals surface area contributed by atoms with Gasteiger partial charge in [0.25, 0.3) is 5.91 Å². The molecule has 2 aromatic rings. The molecule has 0 aliphatic carbocycles. The number of aromatic nitrogens is 2. The van der Waals surface area contributed by atoms with Crippen molar-refractivity contribution in [2.75, 3.05) is 13.1 Å². The molecule has 27 heavy (non-hydrogen) atoms. The van der Waals surface area contributed by atoms with Crippen LogP contribution in [0.25, 0.3) is 0 Å². The third-order valence-electron chi connectivity index (χ3n) is 5.73. The highest BCUT2D eigenvalue weighted by Gasteiger charge is 2.48. The monoisotopic (exact) mass is 369 g/mol. The van der Waals surface area contributed by atoms with Crippen LogP contribution in [0.1, 0.15) is 47.6 Å². The first-order chi connectivity index (χ1) is 12.7. The first kappa shape index (κ1) is 19.1. The zero-order valence-electron chi connectivity index (χ0n) is 16.4. The summed E-state index contributed by atoms with van der Waals surface area (Å²) in [6.07, 6.45) is 0.497. The number of hydrogen-bond donors (Lipinski definition) is 1. The van der Waals surface area contributed by atoms with Gasteiger partial charge in [-0.05, 0) is 49.9 Å². The van der Waals surface area contributed by atoms with Crippen molar-refractivity contribution in [3.05, 3.63) is 52.8 Å². The van der Waals surface area contributed by atoms with E-state index in [4.69, 9.17) is 0 Å². The predicted molar refractivity (Wildman–Crippen MR) is 103 cm³/mol. The Morgan fingerprint density at radius 3 is 2.56 bits per heavy atom. The van der Waals surface area contributed by atoms with Crippen molar-refractivity contribution in [3.63, 3.8) is 0 Å². The van der Waals surface area contributed by atoms with Gasteiger partial charge in [0.15, 0.2) is 0 Å². The number of rotatable bonds is 5. The van der Waals surface area contributed by atoms with Gasteiger partial charge in [-0.1, -0.05) is 26.0 Å². The Hall–Kier alpha value is -2.63. The molecule has 1 aromatic heterocycles. The highest BCUT2D eigenvalue weighted by molar-refractivity contribution is 5.95. The summed E-state index contributed by atoms with van der Waals surface area (Å²) in [6.45, 7) is 9.14. The van der Waals surface area contributed by atoms with Crippen LogP contribution in [0.15, 0.2) is 30.3 Å². The summed E-state index contributed by atoms with van der Waals surface area (Å²) < 4.78 is 1.92. The predicted octanol–water partition coefficient (Wildman–Crippen LogP) is 3.12. The number of aryl methyl sites for hydroxylation is 2. The van der Waals surface area contributed by atoms with Crippen LogP contribution in [0.3, 0.4) is 0 Å². The molecule has 1 aliphatic rings. The second kappa shape index (κ2) is 7.18. The van der Waals surface area contributed by atoms with Gasteiger partial charge in [-0.25, -0.2) is 0 Å². The number of hydrogen-bond acceptors (Lipinski definition) is 3. The number of carboxylic acids is 1. The first-order valence-corrected chi connectivity index (χ1v) is 9.35. The SMILES string of the molecule is Cc1cc(C)n(Cc2cccc(C(=O)N3CCC(C(=O)O)(C(C)C)C3)c2)n1. The number of amides is 1. The normalized spacial score (nSPS) is 19.7. The van der Waals surface area contributed by atoms with E-state index in [9.17, 15) is 14.7 Å². The standard InChI is InChI=1S/C21H27N3O3/c1-14(2)21(20(26)27)8-9-23(13-21)19(25)18-7-5-6-17(11-18)12-24-16(4)10-15(3)22-24/h5-7,10-11,14H,8-9,12-13H2,1-4H3,(H,26,27). The molecule has 1 saturated heterocycles. The fourth-order valence-corrected chi connectivity index (χ4v) is 3.89. The maximum Gasteiger partial charge on any atom is 0.311 e. The molecule has 0 saturated carbocycles. The van der Waals surface area contributed by atoms with Crippen LogP contribution in [0.2, 0.25) is 0 Å². The van der Waals surface area contributed by atoms with E-state index in [2.05, 4.69) is 5.10 Å². The van der Waals surface area contributed by atoms with Gasteiger partial charge in [0.2, 0.25) is 0 Å². The van der Waals surface area contributed by atoms with Crippen molar-refractivity contribution in [1.29, 1.82) is 0 Å². The van der Waals surface area contributed by atoms with E-state index in [1.54, 1.807) is 11.0 Å². The second-order valence-corrected chi connectivity index (χ2v) is 7.88. The maximum absolute atomic E-state index is 13.0. The minimum absolute atomic E-state index is 0.0230. The van der Waals surface area contributed by atoms with Crippen LogP contribution in [-0.2, 0) is 11.3 Å². The smallest absolute Gasteiger partial charge is 0.311 e. The van der Waals surface area contributed by atoms with E-state index in [0.717, 1.165) is 17.0 Å². The van der Waals surface area contributed by atoms with Gasteiger partial charge in [0.05, 0.1) is 17.7 Å². The average molecular weight is 369 g/mol. The van der Waals surface area contributed by atoms with Crippen LogP contribution in [-0.4, -0.2) is 44.8 Å². The molecule has 1 aromatic carbocycles. The molecule has 1 atom stereocenters. The van der Waals surface area contributed by atoms with Gasteiger partial charge in [0.1, 0.15) is 0 Å². The van der Waals surface area contributed by atoms with E-state index in [-0.39, 0.29) is 18.4 Å². The summed E-state index contributed by atoms with van der Waals surface area (Å²) in [5.41, 5.74) is 2.79. The third kappa shape index (κ3) is 3.61. The summed E-state index contributed by atoms with van der Waals surface area (Å²) in [4.78, 5) is 26.5. The summed E-state index contributed by atoms with van der Waals surface area (Å²) in [5.74, 6) is -0.940. The molecular formula is C21H27N3O3. The zero-order chi connectivity index (χ0) is 19.8. The summed E-state index contributed by atoms with van der Waals surface area (Å²) in [6, 6.07) is 9.55. The lowest BCUT2D eigenvalue weighted by molar-refractivity contribution is -0.150. The first-order valence-electron chi connectivity index (χ1n) is 9.35. The van der Waals surface area contributed by atoms with Crippen molar-refractivity contribution < 1.29 is 14.7 Å². The molecule has 144 valence electrons. The molecule has 1 amide bonds. The third-order valence-corrected chi connectivity index (χ3v) is 5.73. The van der Waals surface area contributed by atoms with Gasteiger partial charge in [-0.15, -0.1) is 0 Å². The van der Waals surface area contributed by atoms with Crippen LogP contribution >= 0.6 is 0 Å². The fourth-order valence-electron chi connectivity index (χ4n) is 3.89. The number of likely N-dealkylation sites (tertiary alicyclic amines) is 1. The van der Waals surface area contributed by atoms with E-state index in [0.29, 0.717) is 25.1 Å². The Morgan fingerprint density at radius 2 is 2.00 bits per heavy atom. The van der Waals surface area contributed by atoms with E-state index in [1.165, 1.54) is 0 Å². The number of carbonyl (C=O) groups excluding carboxylic acids is 1. The highest BCUT2D eigenvalue weighted by atomic mass is 16.4. The number of carbonyl (C=O) groups is 2.